The van der Waals surface area contributed by atoms with Crippen molar-refractivity contribution in [3.8, 4) is 10.8 Å². The predicted octanol–water partition coefficient (Wildman–Crippen LogP) is 2.00. The first kappa shape index (κ1) is 10.8. The molecule has 1 N–H and O–H groups in total. The summed E-state index contributed by atoms with van der Waals surface area (Å²) in [6.07, 6.45) is 1.57. The van der Waals surface area contributed by atoms with Crippen LogP contribution in [0, 0.1) is 6.92 Å². The molecule has 5 nitrogen and oxygen atoms in total. The van der Waals surface area contributed by atoms with Gasteiger partial charge in [0.05, 0.1) is 13.4 Å². The molecule has 16 heavy (non-hydrogen) atoms. The molecule has 1 amide bonds. The van der Waals surface area contributed by atoms with Crippen molar-refractivity contribution in [3.63, 3.8) is 0 Å². The smallest absolute Gasteiger partial charge is 0.294 e. The van der Waals surface area contributed by atoms with Crippen LogP contribution in [0.2, 0.25) is 0 Å². The number of carbonyl (C=O) groups is 1. The van der Waals surface area contributed by atoms with Crippen LogP contribution in [0.15, 0.2) is 22.8 Å². The average Bonchev–Trinajstić information content (AvgIpc) is 2.86. The summed E-state index contributed by atoms with van der Waals surface area (Å²) in [5.41, 5.74) is 2.60. The van der Waals surface area contributed by atoms with E-state index in [1.807, 2.05) is 6.92 Å². The lowest BCUT2D eigenvalue weighted by Gasteiger charge is -1.98. The predicted molar refractivity (Wildman–Crippen MR) is 59.0 cm³/mol. The van der Waals surface area contributed by atoms with Gasteiger partial charge in [0.25, 0.3) is 5.91 Å². The minimum Gasteiger partial charge on any atom is -0.462 e. The topological polar surface area (TPSA) is 64.4 Å². The Hall–Kier alpha value is -1.66. The normalized spacial score (nSPS) is 10.4. The number of amides is 1. The largest absolute Gasteiger partial charge is 0.462 e. The van der Waals surface area contributed by atoms with E-state index in [9.17, 15) is 4.79 Å². The van der Waals surface area contributed by atoms with Crippen LogP contribution in [0.3, 0.4) is 0 Å². The SMILES string of the molecule is CONC(=O)c1nc(-c2ccco2)sc1C. The highest BCUT2D eigenvalue weighted by Gasteiger charge is 2.17. The molecule has 2 aromatic heterocycles. The molecule has 2 heterocycles. The number of nitrogens with zero attached hydrogens (tertiary/aromatic N) is 1. The maximum absolute atomic E-state index is 11.5. The van der Waals surface area contributed by atoms with E-state index in [2.05, 4.69) is 15.3 Å². The number of aryl methyl sites for hydroxylation is 1. The van der Waals surface area contributed by atoms with Gasteiger partial charge >= 0.3 is 0 Å². The Balaban J connectivity index is 2.32. The minimum absolute atomic E-state index is 0.353. The van der Waals surface area contributed by atoms with Crippen molar-refractivity contribution < 1.29 is 14.0 Å². The van der Waals surface area contributed by atoms with Gasteiger partial charge in [-0.25, -0.2) is 10.5 Å². The first-order valence-corrected chi connectivity index (χ1v) is 5.38. The molecule has 6 heteroatoms. The first-order valence-electron chi connectivity index (χ1n) is 4.57. The first-order chi connectivity index (χ1) is 7.72. The lowest BCUT2D eigenvalue weighted by atomic mass is 10.3. The lowest BCUT2D eigenvalue weighted by molar-refractivity contribution is 0.0532. The van der Waals surface area contributed by atoms with Crippen LogP contribution in [-0.4, -0.2) is 18.0 Å². The summed E-state index contributed by atoms with van der Waals surface area (Å²) in [5.74, 6) is 0.304. The highest BCUT2D eigenvalue weighted by molar-refractivity contribution is 7.15. The maximum atomic E-state index is 11.5. The fourth-order valence-electron chi connectivity index (χ4n) is 1.25. The van der Waals surface area contributed by atoms with Gasteiger partial charge < -0.3 is 4.42 Å². The number of nitrogens with one attached hydrogen (secondary N) is 1. The Morgan fingerprint density at radius 2 is 2.44 bits per heavy atom. The zero-order chi connectivity index (χ0) is 11.5. The van der Waals surface area contributed by atoms with Gasteiger partial charge in [-0.1, -0.05) is 0 Å². The second-order valence-corrected chi connectivity index (χ2v) is 4.24. The number of furan rings is 1. The van der Waals surface area contributed by atoms with E-state index in [4.69, 9.17) is 4.42 Å². The Kier molecular flexibility index (Phi) is 3.02. The third-order valence-electron chi connectivity index (χ3n) is 1.94. The fraction of sp³-hybridized carbons (Fsp3) is 0.200. The second kappa shape index (κ2) is 4.46. The van der Waals surface area contributed by atoms with Gasteiger partial charge in [-0.05, 0) is 19.1 Å². The molecule has 0 saturated heterocycles. The Morgan fingerprint density at radius 1 is 1.62 bits per heavy atom. The van der Waals surface area contributed by atoms with Crippen LogP contribution in [0.5, 0.6) is 0 Å². The van der Waals surface area contributed by atoms with Crippen LogP contribution >= 0.6 is 11.3 Å². The van der Waals surface area contributed by atoms with Gasteiger partial charge in [0.1, 0.15) is 5.69 Å². The molecule has 0 unspecified atom stereocenters. The maximum Gasteiger partial charge on any atom is 0.294 e. The second-order valence-electron chi connectivity index (χ2n) is 3.04. The monoisotopic (exact) mass is 238 g/mol. The number of aromatic nitrogens is 1. The minimum atomic E-state index is -0.353. The van der Waals surface area contributed by atoms with Crippen molar-refractivity contribution in [3.05, 3.63) is 29.0 Å². The lowest BCUT2D eigenvalue weighted by Crippen LogP contribution is -2.22. The summed E-state index contributed by atoms with van der Waals surface area (Å²) in [6, 6.07) is 3.58. The summed E-state index contributed by atoms with van der Waals surface area (Å²) >= 11 is 1.41. The van der Waals surface area contributed by atoms with E-state index in [0.29, 0.717) is 16.5 Å². The summed E-state index contributed by atoms with van der Waals surface area (Å²) in [7, 11) is 1.38. The van der Waals surface area contributed by atoms with Crippen LogP contribution in [-0.2, 0) is 4.84 Å². The molecule has 0 spiro atoms. The van der Waals surface area contributed by atoms with E-state index in [1.54, 1.807) is 18.4 Å². The van der Waals surface area contributed by atoms with E-state index in [-0.39, 0.29) is 5.91 Å². The van der Waals surface area contributed by atoms with Gasteiger partial charge in [0, 0.05) is 4.88 Å². The molecule has 0 aliphatic heterocycles. The van der Waals surface area contributed by atoms with E-state index in [0.717, 1.165) is 4.88 Å². The van der Waals surface area contributed by atoms with Crippen LogP contribution in [0.1, 0.15) is 15.4 Å². The Labute approximate surface area is 96.0 Å². The third-order valence-corrected chi connectivity index (χ3v) is 2.92. The summed E-state index contributed by atoms with van der Waals surface area (Å²) < 4.78 is 5.21. The molecule has 0 atom stereocenters. The molecule has 84 valence electrons. The van der Waals surface area contributed by atoms with Crippen LogP contribution in [0.25, 0.3) is 10.8 Å². The quantitative estimate of drug-likeness (QED) is 0.831. The fourth-order valence-corrected chi connectivity index (χ4v) is 2.13. The molecule has 0 aromatic carbocycles. The zero-order valence-electron chi connectivity index (χ0n) is 8.81. The number of hydrogen-bond acceptors (Lipinski definition) is 5. The van der Waals surface area contributed by atoms with Crippen LogP contribution < -0.4 is 5.48 Å². The molecular weight excluding hydrogens is 228 g/mol. The molecule has 0 radical (unpaired) electrons. The van der Waals surface area contributed by atoms with Crippen molar-refractivity contribution in [1.82, 2.24) is 10.5 Å². The number of hydrogen-bond donors (Lipinski definition) is 1. The van der Waals surface area contributed by atoms with E-state index < -0.39 is 0 Å². The van der Waals surface area contributed by atoms with Crippen molar-refractivity contribution in [1.29, 1.82) is 0 Å². The molecule has 2 aromatic rings. The summed E-state index contributed by atoms with van der Waals surface area (Å²) in [5, 5.41) is 0.684. The van der Waals surface area contributed by atoms with Gasteiger partial charge in [-0.15, -0.1) is 11.3 Å². The van der Waals surface area contributed by atoms with E-state index in [1.165, 1.54) is 18.4 Å². The number of rotatable bonds is 3. The molecule has 0 aliphatic rings. The van der Waals surface area contributed by atoms with Crippen molar-refractivity contribution in [2.45, 2.75) is 6.92 Å². The Morgan fingerprint density at radius 3 is 3.06 bits per heavy atom. The summed E-state index contributed by atoms with van der Waals surface area (Å²) in [4.78, 5) is 21.1. The standard InChI is InChI=1S/C10H10N2O3S/c1-6-8(9(13)12-14-2)11-10(16-6)7-4-3-5-15-7/h3-5H,1-2H3,(H,12,13). The Bertz CT molecular complexity index is 490. The highest BCUT2D eigenvalue weighted by atomic mass is 32.1. The molecule has 0 saturated carbocycles. The zero-order valence-corrected chi connectivity index (χ0v) is 9.63. The number of thiazole rings is 1. The number of hydroxylamine groups is 1. The van der Waals surface area contributed by atoms with Crippen LogP contribution in [0.4, 0.5) is 0 Å². The third kappa shape index (κ3) is 1.98. The highest BCUT2D eigenvalue weighted by Crippen LogP contribution is 2.27. The molecular formula is C10H10N2O3S. The molecule has 0 fully saturated rings. The van der Waals surface area contributed by atoms with E-state index >= 15 is 0 Å². The van der Waals surface area contributed by atoms with Gasteiger partial charge in [-0.2, -0.15) is 0 Å². The number of carbonyl (C=O) groups excluding carboxylic acids is 1. The molecule has 2 rings (SSSR count). The molecule has 0 aliphatic carbocycles. The van der Waals surface area contributed by atoms with Crippen molar-refractivity contribution in [2.75, 3.05) is 7.11 Å². The average molecular weight is 238 g/mol. The van der Waals surface area contributed by atoms with Crippen molar-refractivity contribution in [2.24, 2.45) is 0 Å². The van der Waals surface area contributed by atoms with Gasteiger partial charge in [-0.3, -0.25) is 9.63 Å². The molecule has 0 bridgehead atoms. The van der Waals surface area contributed by atoms with Gasteiger partial charge in [0.2, 0.25) is 0 Å². The summed E-state index contributed by atoms with van der Waals surface area (Å²) in [6.45, 7) is 1.83. The van der Waals surface area contributed by atoms with Crippen molar-refractivity contribution >= 4 is 17.2 Å². The van der Waals surface area contributed by atoms with Gasteiger partial charge in [0.15, 0.2) is 10.8 Å².